The predicted octanol–water partition coefficient (Wildman–Crippen LogP) is 6.65. The van der Waals surface area contributed by atoms with E-state index in [1.54, 1.807) is 0 Å². The van der Waals surface area contributed by atoms with Crippen molar-refractivity contribution >= 4 is 23.0 Å². The molecule has 0 aromatic heterocycles. The fourth-order valence-electron chi connectivity index (χ4n) is 6.66. The van der Waals surface area contributed by atoms with Crippen molar-refractivity contribution in [2.45, 2.75) is 71.1 Å². The molecule has 0 bridgehead atoms. The van der Waals surface area contributed by atoms with E-state index in [-0.39, 0.29) is 33.8 Å². The number of fused-ring (bicyclic) bond motifs is 3. The molecule has 4 rings (SSSR count). The van der Waals surface area contributed by atoms with Gasteiger partial charge in [0.25, 0.3) is 5.69 Å². The Bertz CT molecular complexity index is 1080. The van der Waals surface area contributed by atoms with Gasteiger partial charge < -0.3 is 10.1 Å². The largest absolute Gasteiger partial charge is 0.469 e. The summed E-state index contributed by atoms with van der Waals surface area (Å²) in [5.41, 5.74) is 3.61. The van der Waals surface area contributed by atoms with E-state index < -0.39 is 5.41 Å². The third-order valence-corrected chi connectivity index (χ3v) is 8.14. The molecule has 1 N–H and O–H groups in total. The highest BCUT2D eigenvalue weighted by Gasteiger charge is 2.56. The number of carbonyl (C=O) groups is 1. The van der Waals surface area contributed by atoms with Gasteiger partial charge in [-0.15, -0.1) is 0 Å². The number of hydrogen-bond donors (Lipinski definition) is 1. The molecule has 2 aliphatic carbocycles. The van der Waals surface area contributed by atoms with Crippen molar-refractivity contribution in [2.24, 2.45) is 11.3 Å². The van der Waals surface area contributed by atoms with Crippen LogP contribution in [0.4, 0.5) is 17.1 Å². The molecule has 0 radical (unpaired) electrons. The number of hydrogen-bond acceptors (Lipinski definition) is 5. The average Bonchev–Trinajstić information content (AvgIpc) is 2.78. The SMILES string of the molecule is COC(=O)[C@]1(C)CCC[C@]2(C)c3cc(Nc4ccccc4)c(C(C)C)c([N+](=O)[O-])c3CC[C@@H]12. The molecule has 6 nitrogen and oxygen atoms in total. The number of para-hydroxylation sites is 1. The van der Waals surface area contributed by atoms with E-state index in [0.29, 0.717) is 6.42 Å². The summed E-state index contributed by atoms with van der Waals surface area (Å²) in [6.07, 6.45) is 3.93. The summed E-state index contributed by atoms with van der Waals surface area (Å²) < 4.78 is 5.23. The number of rotatable bonds is 5. The lowest BCUT2D eigenvalue weighted by Gasteiger charge is -2.54. The molecule has 0 unspecified atom stereocenters. The molecule has 2 aromatic rings. The van der Waals surface area contributed by atoms with Gasteiger partial charge in [-0.05, 0) is 73.6 Å². The first-order valence-electron chi connectivity index (χ1n) is 11.9. The summed E-state index contributed by atoms with van der Waals surface area (Å²) in [5, 5.41) is 15.9. The Balaban J connectivity index is 1.95. The van der Waals surface area contributed by atoms with Crippen molar-refractivity contribution in [3.63, 3.8) is 0 Å². The van der Waals surface area contributed by atoms with Crippen molar-refractivity contribution in [2.75, 3.05) is 12.4 Å². The monoisotopic (exact) mass is 450 g/mol. The van der Waals surface area contributed by atoms with E-state index in [1.807, 2.05) is 51.1 Å². The maximum atomic E-state index is 12.9. The van der Waals surface area contributed by atoms with Gasteiger partial charge in [0, 0.05) is 16.9 Å². The van der Waals surface area contributed by atoms with Crippen molar-refractivity contribution in [1.29, 1.82) is 0 Å². The number of methoxy groups -OCH3 is 1. The molecule has 2 aromatic carbocycles. The Labute approximate surface area is 195 Å². The van der Waals surface area contributed by atoms with E-state index in [0.717, 1.165) is 53.7 Å². The molecule has 0 amide bonds. The van der Waals surface area contributed by atoms with E-state index in [9.17, 15) is 14.9 Å². The number of carbonyl (C=O) groups excluding carboxylic acids is 1. The van der Waals surface area contributed by atoms with Crippen LogP contribution in [-0.4, -0.2) is 18.0 Å². The molecule has 3 atom stereocenters. The predicted molar refractivity (Wildman–Crippen MR) is 130 cm³/mol. The van der Waals surface area contributed by atoms with Gasteiger partial charge in [-0.2, -0.15) is 0 Å². The fraction of sp³-hybridized carbons (Fsp3) is 0.519. The molecular formula is C27H34N2O4. The van der Waals surface area contributed by atoms with Gasteiger partial charge in [0.2, 0.25) is 0 Å². The van der Waals surface area contributed by atoms with Crippen molar-refractivity contribution in [3.05, 3.63) is 63.2 Å². The third kappa shape index (κ3) is 3.69. The zero-order chi connectivity index (χ0) is 24.0. The Morgan fingerprint density at radius 1 is 1.21 bits per heavy atom. The molecule has 176 valence electrons. The minimum Gasteiger partial charge on any atom is -0.469 e. The lowest BCUT2D eigenvalue weighted by molar-refractivity contribution is -0.386. The Hall–Kier alpha value is -2.89. The lowest BCUT2D eigenvalue weighted by atomic mass is 9.49. The summed E-state index contributed by atoms with van der Waals surface area (Å²) in [7, 11) is 1.46. The number of benzene rings is 2. The molecule has 1 fully saturated rings. The van der Waals surface area contributed by atoms with Crippen LogP contribution >= 0.6 is 0 Å². The second kappa shape index (κ2) is 8.47. The molecular weight excluding hydrogens is 416 g/mol. The number of nitrogens with one attached hydrogen (secondary N) is 1. The quantitative estimate of drug-likeness (QED) is 0.313. The normalized spacial score (nSPS) is 26.3. The Morgan fingerprint density at radius 2 is 1.91 bits per heavy atom. The Kier molecular flexibility index (Phi) is 5.97. The zero-order valence-electron chi connectivity index (χ0n) is 20.2. The van der Waals surface area contributed by atoms with E-state index in [4.69, 9.17) is 4.74 Å². The highest BCUT2D eigenvalue weighted by molar-refractivity contribution is 5.78. The van der Waals surface area contributed by atoms with Crippen LogP contribution in [0, 0.1) is 21.4 Å². The summed E-state index contributed by atoms with van der Waals surface area (Å²) in [5.74, 6) is -0.107. The van der Waals surface area contributed by atoms with Gasteiger partial charge in [0.05, 0.1) is 23.0 Å². The standard InChI is InChI=1S/C27H34N2O4/c1-17(2)23-21(28-18-10-7-6-8-11-18)16-20-19(24(23)29(31)32)12-13-22-26(20,3)14-9-15-27(22,4)25(30)33-5/h6-8,10-11,16-17,22,28H,9,12-15H2,1-5H3/t22-,26-,27-/m1/s1. The third-order valence-electron chi connectivity index (χ3n) is 8.14. The Morgan fingerprint density at radius 3 is 2.52 bits per heavy atom. The highest BCUT2D eigenvalue weighted by Crippen LogP contribution is 2.59. The number of ether oxygens (including phenoxy) is 1. The van der Waals surface area contributed by atoms with Crippen LogP contribution < -0.4 is 5.32 Å². The number of nitro groups is 1. The van der Waals surface area contributed by atoms with Crippen LogP contribution in [-0.2, 0) is 21.4 Å². The summed E-state index contributed by atoms with van der Waals surface area (Å²) in [6.45, 7) is 8.23. The van der Waals surface area contributed by atoms with Gasteiger partial charge in [0.15, 0.2) is 0 Å². The van der Waals surface area contributed by atoms with E-state index >= 15 is 0 Å². The molecule has 6 heteroatoms. The van der Waals surface area contributed by atoms with Crippen LogP contribution in [0.5, 0.6) is 0 Å². The topological polar surface area (TPSA) is 81.5 Å². The van der Waals surface area contributed by atoms with Crippen LogP contribution in [0.25, 0.3) is 0 Å². The van der Waals surface area contributed by atoms with Crippen LogP contribution in [0.1, 0.15) is 76.0 Å². The number of esters is 1. The molecule has 0 saturated heterocycles. The number of nitrogens with zero attached hydrogens (tertiary/aromatic N) is 1. The van der Waals surface area contributed by atoms with Crippen molar-refractivity contribution in [1.82, 2.24) is 0 Å². The zero-order valence-corrected chi connectivity index (χ0v) is 20.2. The maximum Gasteiger partial charge on any atom is 0.311 e. The number of nitro benzene ring substituents is 1. The smallest absolute Gasteiger partial charge is 0.311 e. The lowest BCUT2D eigenvalue weighted by Crippen LogP contribution is -2.52. The first-order chi connectivity index (χ1) is 15.6. The van der Waals surface area contributed by atoms with E-state index in [1.165, 1.54) is 7.11 Å². The number of anilines is 2. The van der Waals surface area contributed by atoms with Gasteiger partial charge in [0.1, 0.15) is 0 Å². The summed E-state index contributed by atoms with van der Waals surface area (Å²) in [4.78, 5) is 25.1. The van der Waals surface area contributed by atoms with E-state index in [2.05, 4.69) is 18.3 Å². The first kappa shape index (κ1) is 23.3. The first-order valence-corrected chi connectivity index (χ1v) is 11.9. The molecule has 2 aliphatic rings. The van der Waals surface area contributed by atoms with Gasteiger partial charge in [-0.3, -0.25) is 14.9 Å². The van der Waals surface area contributed by atoms with Crippen molar-refractivity contribution in [3.8, 4) is 0 Å². The van der Waals surface area contributed by atoms with Gasteiger partial charge in [-0.25, -0.2) is 0 Å². The molecule has 33 heavy (non-hydrogen) atoms. The minimum atomic E-state index is -0.585. The second-order valence-electron chi connectivity index (χ2n) is 10.4. The summed E-state index contributed by atoms with van der Waals surface area (Å²) in [6, 6.07) is 11.9. The molecule has 1 saturated carbocycles. The van der Waals surface area contributed by atoms with Gasteiger partial charge >= 0.3 is 5.97 Å². The molecule has 0 spiro atoms. The average molecular weight is 451 g/mol. The highest BCUT2D eigenvalue weighted by atomic mass is 16.6. The van der Waals surface area contributed by atoms with Crippen LogP contribution in [0.15, 0.2) is 36.4 Å². The van der Waals surface area contributed by atoms with Crippen LogP contribution in [0.2, 0.25) is 0 Å². The molecule has 0 aliphatic heterocycles. The van der Waals surface area contributed by atoms with Crippen LogP contribution in [0.3, 0.4) is 0 Å². The minimum absolute atomic E-state index is 0.0147. The van der Waals surface area contributed by atoms with Crippen molar-refractivity contribution < 1.29 is 14.5 Å². The molecule has 0 heterocycles. The van der Waals surface area contributed by atoms with Gasteiger partial charge in [-0.1, -0.05) is 45.4 Å². The summed E-state index contributed by atoms with van der Waals surface area (Å²) >= 11 is 0. The maximum absolute atomic E-state index is 12.9. The fourth-order valence-corrected chi connectivity index (χ4v) is 6.66. The second-order valence-corrected chi connectivity index (χ2v) is 10.4.